The summed E-state index contributed by atoms with van der Waals surface area (Å²) in [7, 11) is 0. The monoisotopic (exact) mass is 307 g/mol. The molecule has 0 amide bonds. The molecule has 2 aliphatic rings. The Kier molecular flexibility index (Phi) is 4.87. The Morgan fingerprint density at radius 1 is 1.32 bits per heavy atom. The summed E-state index contributed by atoms with van der Waals surface area (Å²) in [5.74, 6) is 0. The van der Waals surface area contributed by atoms with E-state index in [0.717, 1.165) is 5.56 Å². The molecule has 2 fully saturated rings. The molecular weight excluding hydrogens is 286 g/mol. The summed E-state index contributed by atoms with van der Waals surface area (Å²) in [5, 5.41) is 10.4. The zero-order chi connectivity index (χ0) is 15.5. The summed E-state index contributed by atoms with van der Waals surface area (Å²) in [6.45, 7) is 4.19. The lowest BCUT2D eigenvalue weighted by Gasteiger charge is -2.46. The van der Waals surface area contributed by atoms with E-state index in [9.17, 15) is 5.11 Å². The minimum Gasteiger partial charge on any atom is -0.388 e. The lowest BCUT2D eigenvalue weighted by atomic mass is 9.96. The first-order valence-corrected chi connectivity index (χ1v) is 7.34. The second kappa shape index (κ2) is 6.87. The number of hydrogen-bond donors (Lipinski definition) is 2. The first-order chi connectivity index (χ1) is 10.7. The molecule has 3 unspecified atom stereocenters. The molecule has 2 saturated heterocycles. The first kappa shape index (κ1) is 15.6. The molecular formula is C16H21NO5. The number of hydrogen-bond acceptors (Lipinski definition) is 6. The minimum atomic E-state index is -0.885. The van der Waals surface area contributed by atoms with Crippen molar-refractivity contribution in [2.45, 2.75) is 36.9 Å². The minimum absolute atomic E-state index is 0.302. The van der Waals surface area contributed by atoms with Crippen molar-refractivity contribution in [2.75, 3.05) is 13.2 Å². The van der Waals surface area contributed by atoms with Crippen molar-refractivity contribution in [1.29, 1.82) is 0 Å². The first-order valence-electron chi connectivity index (χ1n) is 7.34. The third kappa shape index (κ3) is 3.08. The molecule has 0 aliphatic carbocycles. The van der Waals surface area contributed by atoms with E-state index in [2.05, 4.69) is 6.58 Å². The Labute approximate surface area is 129 Å². The molecule has 0 radical (unpaired) electrons. The molecule has 2 aliphatic heterocycles. The number of ether oxygens (including phenoxy) is 4. The van der Waals surface area contributed by atoms with E-state index in [1.54, 1.807) is 6.08 Å². The fourth-order valence-corrected chi connectivity index (χ4v) is 2.71. The summed E-state index contributed by atoms with van der Waals surface area (Å²) in [6.07, 6.45) is -1.47. The molecule has 1 aromatic carbocycles. The van der Waals surface area contributed by atoms with Crippen LogP contribution >= 0.6 is 0 Å². The largest absolute Gasteiger partial charge is 0.388 e. The molecule has 0 bridgehead atoms. The van der Waals surface area contributed by atoms with Crippen LogP contribution in [-0.4, -0.2) is 49.0 Å². The van der Waals surface area contributed by atoms with Gasteiger partial charge < -0.3 is 29.8 Å². The molecule has 0 saturated carbocycles. The van der Waals surface area contributed by atoms with Gasteiger partial charge in [-0.3, -0.25) is 0 Å². The van der Waals surface area contributed by atoms with Crippen LogP contribution in [0.25, 0.3) is 0 Å². The number of benzene rings is 1. The van der Waals surface area contributed by atoms with Crippen molar-refractivity contribution in [3.05, 3.63) is 48.6 Å². The summed E-state index contributed by atoms with van der Waals surface area (Å²) in [6, 6.07) is 8.88. The van der Waals surface area contributed by atoms with Crippen LogP contribution in [0.4, 0.5) is 0 Å². The predicted molar refractivity (Wildman–Crippen MR) is 78.8 cm³/mol. The maximum Gasteiger partial charge on any atom is 0.184 e. The fourth-order valence-electron chi connectivity index (χ4n) is 2.71. The van der Waals surface area contributed by atoms with Crippen molar-refractivity contribution < 1.29 is 24.1 Å². The molecule has 2 heterocycles. The Balaban J connectivity index is 1.69. The van der Waals surface area contributed by atoms with E-state index in [0.29, 0.717) is 13.2 Å². The highest BCUT2D eigenvalue weighted by molar-refractivity contribution is 5.16. The van der Waals surface area contributed by atoms with Crippen LogP contribution in [0.5, 0.6) is 0 Å². The maximum atomic E-state index is 10.4. The van der Waals surface area contributed by atoms with Gasteiger partial charge in [-0.15, -0.1) is 6.58 Å². The lowest BCUT2D eigenvalue weighted by molar-refractivity contribution is -0.340. The lowest BCUT2D eigenvalue weighted by Crippen LogP contribution is -2.65. The van der Waals surface area contributed by atoms with E-state index in [1.807, 2.05) is 30.3 Å². The quantitative estimate of drug-likeness (QED) is 0.798. The number of aliphatic hydroxyl groups is 1. The second-order valence-corrected chi connectivity index (χ2v) is 5.41. The topological polar surface area (TPSA) is 83.2 Å². The summed E-state index contributed by atoms with van der Waals surface area (Å²) in [5.41, 5.74) is 6.89. The second-order valence-electron chi connectivity index (χ2n) is 5.41. The van der Waals surface area contributed by atoms with Gasteiger partial charge in [0.05, 0.1) is 19.3 Å². The molecule has 6 atom stereocenters. The van der Waals surface area contributed by atoms with Crippen LogP contribution < -0.4 is 5.73 Å². The molecule has 6 heteroatoms. The smallest absolute Gasteiger partial charge is 0.184 e. The van der Waals surface area contributed by atoms with E-state index in [-0.39, 0.29) is 0 Å². The molecule has 120 valence electrons. The number of aliphatic hydroxyl groups excluding tert-OH is 1. The third-order valence-corrected chi connectivity index (χ3v) is 3.86. The van der Waals surface area contributed by atoms with E-state index < -0.39 is 36.9 Å². The standard InChI is InChI=1S/C16H21NO5/c1-2-8-19-16-12(17)13(18)14-11(21-16)9-20-15(22-14)10-6-4-3-5-7-10/h2-7,11-16,18H,1,8-9,17H2/t11?,12?,13-,14+,15?,16-/m1/s1. The van der Waals surface area contributed by atoms with Gasteiger partial charge in [0.15, 0.2) is 12.6 Å². The summed E-state index contributed by atoms with van der Waals surface area (Å²) in [4.78, 5) is 0. The van der Waals surface area contributed by atoms with Gasteiger partial charge in [0.2, 0.25) is 0 Å². The Morgan fingerprint density at radius 3 is 2.82 bits per heavy atom. The van der Waals surface area contributed by atoms with E-state index in [1.165, 1.54) is 0 Å². The van der Waals surface area contributed by atoms with Gasteiger partial charge in [-0.1, -0.05) is 36.4 Å². The molecule has 0 spiro atoms. The SMILES string of the molecule is C=CCO[C@@H]1OC2COC(c3ccccc3)O[C@@H]2[C@H](O)C1N. The average Bonchev–Trinajstić information content (AvgIpc) is 2.57. The van der Waals surface area contributed by atoms with Gasteiger partial charge >= 0.3 is 0 Å². The molecule has 6 nitrogen and oxygen atoms in total. The Morgan fingerprint density at radius 2 is 2.09 bits per heavy atom. The molecule has 3 N–H and O–H groups in total. The van der Waals surface area contributed by atoms with Crippen molar-refractivity contribution >= 4 is 0 Å². The van der Waals surface area contributed by atoms with Gasteiger partial charge in [0, 0.05) is 5.56 Å². The molecule has 1 aromatic rings. The van der Waals surface area contributed by atoms with Gasteiger partial charge in [-0.25, -0.2) is 0 Å². The Bertz CT molecular complexity index is 495. The third-order valence-electron chi connectivity index (χ3n) is 3.86. The molecule has 22 heavy (non-hydrogen) atoms. The van der Waals surface area contributed by atoms with Crippen LogP contribution in [0.3, 0.4) is 0 Å². The fraction of sp³-hybridized carbons (Fsp3) is 0.500. The van der Waals surface area contributed by atoms with Crippen molar-refractivity contribution in [3.8, 4) is 0 Å². The van der Waals surface area contributed by atoms with Crippen LogP contribution in [-0.2, 0) is 18.9 Å². The van der Waals surface area contributed by atoms with Crippen molar-refractivity contribution in [2.24, 2.45) is 5.73 Å². The van der Waals surface area contributed by atoms with Crippen LogP contribution in [0.15, 0.2) is 43.0 Å². The Hall–Kier alpha value is -1.28. The highest BCUT2D eigenvalue weighted by atomic mass is 16.7. The van der Waals surface area contributed by atoms with Crippen molar-refractivity contribution in [1.82, 2.24) is 0 Å². The maximum absolute atomic E-state index is 10.4. The highest BCUT2D eigenvalue weighted by Gasteiger charge is 2.48. The van der Waals surface area contributed by atoms with Gasteiger partial charge in [0.25, 0.3) is 0 Å². The number of rotatable bonds is 4. The van der Waals surface area contributed by atoms with Gasteiger partial charge in [0.1, 0.15) is 18.3 Å². The summed E-state index contributed by atoms with van der Waals surface area (Å²) >= 11 is 0. The molecule has 0 aromatic heterocycles. The predicted octanol–water partition coefficient (Wildman–Crippen LogP) is 0.716. The zero-order valence-corrected chi connectivity index (χ0v) is 12.2. The van der Waals surface area contributed by atoms with Crippen molar-refractivity contribution in [3.63, 3.8) is 0 Å². The normalized spacial score (nSPS) is 38.3. The summed E-state index contributed by atoms with van der Waals surface area (Å²) < 4.78 is 22.7. The van der Waals surface area contributed by atoms with Crippen LogP contribution in [0.2, 0.25) is 0 Å². The number of nitrogens with two attached hydrogens (primary N) is 1. The molecule has 3 rings (SSSR count). The van der Waals surface area contributed by atoms with Gasteiger partial charge in [-0.05, 0) is 0 Å². The van der Waals surface area contributed by atoms with Crippen LogP contribution in [0.1, 0.15) is 11.9 Å². The van der Waals surface area contributed by atoms with E-state index >= 15 is 0 Å². The van der Waals surface area contributed by atoms with E-state index in [4.69, 9.17) is 24.7 Å². The number of fused-ring (bicyclic) bond motifs is 1. The van der Waals surface area contributed by atoms with Crippen LogP contribution in [0, 0.1) is 0 Å². The van der Waals surface area contributed by atoms with Gasteiger partial charge in [-0.2, -0.15) is 0 Å². The zero-order valence-electron chi connectivity index (χ0n) is 12.2. The average molecular weight is 307 g/mol. The highest BCUT2D eigenvalue weighted by Crippen LogP contribution is 2.33.